The number of hydrogen-bond donors (Lipinski definition) is 3. The third kappa shape index (κ3) is 5.58. The topological polar surface area (TPSA) is 79.5 Å². The minimum absolute atomic E-state index is 0.0537. The number of ether oxygens (including phenoxy) is 1. The van der Waals surface area contributed by atoms with Gasteiger partial charge in [-0.1, -0.05) is 41.9 Å². The summed E-state index contributed by atoms with van der Waals surface area (Å²) in [6, 6.07) is 13.8. The Morgan fingerprint density at radius 3 is 2.50 bits per heavy atom. The first-order chi connectivity index (χ1) is 12.5. The van der Waals surface area contributed by atoms with Crippen molar-refractivity contribution >= 4 is 46.8 Å². The molecule has 134 valence electrons. The molecule has 0 aromatic heterocycles. The van der Waals surface area contributed by atoms with Gasteiger partial charge in [0.25, 0.3) is 5.91 Å². The van der Waals surface area contributed by atoms with Gasteiger partial charge in [-0.25, -0.2) is 0 Å². The molecule has 0 aliphatic rings. The zero-order valence-electron chi connectivity index (χ0n) is 13.8. The van der Waals surface area contributed by atoms with Gasteiger partial charge < -0.3 is 4.74 Å². The molecule has 2 aromatic carbocycles. The summed E-state index contributed by atoms with van der Waals surface area (Å²) in [5, 5.41) is 2.89. The molecule has 0 bridgehead atoms. The van der Waals surface area contributed by atoms with Gasteiger partial charge in [-0.15, -0.1) is 0 Å². The summed E-state index contributed by atoms with van der Waals surface area (Å²) in [6.45, 7) is 0. The Kier molecular flexibility index (Phi) is 7.13. The van der Waals surface area contributed by atoms with E-state index in [-0.39, 0.29) is 5.11 Å². The van der Waals surface area contributed by atoms with E-state index in [0.29, 0.717) is 21.9 Å². The molecule has 0 unspecified atom stereocenters. The molecule has 0 radical (unpaired) electrons. The van der Waals surface area contributed by atoms with Crippen LogP contribution in [0, 0.1) is 0 Å². The van der Waals surface area contributed by atoms with E-state index in [9.17, 15) is 9.59 Å². The van der Waals surface area contributed by atoms with Crippen LogP contribution in [0.5, 0.6) is 5.75 Å². The zero-order chi connectivity index (χ0) is 18.9. The number of nitrogens with one attached hydrogen (secondary N) is 3. The van der Waals surface area contributed by atoms with Crippen molar-refractivity contribution in [2.45, 2.75) is 0 Å². The van der Waals surface area contributed by atoms with E-state index in [0.717, 1.165) is 0 Å². The number of methoxy groups -OCH3 is 1. The number of para-hydroxylation sites is 1. The fraction of sp³-hybridized carbons (Fsp3) is 0.0556. The number of carbonyl (C=O) groups excluding carboxylic acids is 2. The summed E-state index contributed by atoms with van der Waals surface area (Å²) in [5.41, 5.74) is 5.88. The molecule has 6 nitrogen and oxygen atoms in total. The maximum atomic E-state index is 12.1. The fourth-order valence-corrected chi connectivity index (χ4v) is 2.32. The van der Waals surface area contributed by atoms with Crippen LogP contribution in [-0.4, -0.2) is 24.0 Å². The average Bonchev–Trinajstić information content (AvgIpc) is 2.65. The second-order valence-corrected chi connectivity index (χ2v) is 5.77. The molecule has 0 aliphatic heterocycles. The van der Waals surface area contributed by atoms with Crippen molar-refractivity contribution in [2.75, 3.05) is 7.11 Å². The first kappa shape index (κ1) is 19.4. The lowest BCUT2D eigenvalue weighted by Crippen LogP contribution is -2.48. The molecule has 2 rings (SSSR count). The van der Waals surface area contributed by atoms with Gasteiger partial charge in [0.15, 0.2) is 5.11 Å². The van der Waals surface area contributed by atoms with Crippen molar-refractivity contribution in [1.82, 2.24) is 16.2 Å². The minimum Gasteiger partial charge on any atom is -0.496 e. The molecule has 0 spiro atoms. The van der Waals surface area contributed by atoms with Crippen molar-refractivity contribution in [3.8, 4) is 5.75 Å². The standard InChI is InChI=1S/C18H16ClN3O3S/c1-25-15-9-5-3-7-13(15)17(24)21-22-18(26)20-16(23)11-10-12-6-2-4-8-14(12)19/h2-11H,1H3,(H,21,24)(H2,20,22,23,26)/b11-10+. The van der Waals surface area contributed by atoms with E-state index in [1.807, 2.05) is 6.07 Å². The highest BCUT2D eigenvalue weighted by Gasteiger charge is 2.11. The normalized spacial score (nSPS) is 10.2. The van der Waals surface area contributed by atoms with Gasteiger partial charge in [-0.3, -0.25) is 25.8 Å². The van der Waals surface area contributed by atoms with Gasteiger partial charge >= 0.3 is 0 Å². The minimum atomic E-state index is -0.464. The molecule has 2 amide bonds. The van der Waals surface area contributed by atoms with Crippen LogP contribution in [0.4, 0.5) is 0 Å². The van der Waals surface area contributed by atoms with Crippen LogP contribution in [0.1, 0.15) is 15.9 Å². The second kappa shape index (κ2) is 9.55. The fourth-order valence-electron chi connectivity index (χ4n) is 1.97. The highest BCUT2D eigenvalue weighted by Crippen LogP contribution is 2.17. The van der Waals surface area contributed by atoms with E-state index in [1.54, 1.807) is 48.5 Å². The molecule has 0 saturated heterocycles. The van der Waals surface area contributed by atoms with Gasteiger partial charge in [-0.05, 0) is 42.1 Å². The number of hydrogen-bond acceptors (Lipinski definition) is 4. The van der Waals surface area contributed by atoms with Crippen LogP contribution in [0.3, 0.4) is 0 Å². The first-order valence-corrected chi connectivity index (χ1v) is 8.27. The van der Waals surface area contributed by atoms with Gasteiger partial charge in [0.1, 0.15) is 5.75 Å². The molecule has 0 atom stereocenters. The molecule has 26 heavy (non-hydrogen) atoms. The number of hydrazine groups is 1. The van der Waals surface area contributed by atoms with Crippen LogP contribution >= 0.6 is 23.8 Å². The van der Waals surface area contributed by atoms with Crippen molar-refractivity contribution in [3.63, 3.8) is 0 Å². The highest BCUT2D eigenvalue weighted by molar-refractivity contribution is 7.80. The van der Waals surface area contributed by atoms with Gasteiger partial charge in [0.05, 0.1) is 12.7 Å². The average molecular weight is 390 g/mol. The number of carbonyl (C=O) groups is 2. The third-order valence-corrected chi connectivity index (χ3v) is 3.75. The molecule has 0 saturated carbocycles. The lowest BCUT2D eigenvalue weighted by molar-refractivity contribution is -0.115. The Morgan fingerprint density at radius 2 is 1.77 bits per heavy atom. The van der Waals surface area contributed by atoms with Crippen LogP contribution < -0.4 is 20.9 Å². The van der Waals surface area contributed by atoms with E-state index in [4.69, 9.17) is 28.6 Å². The number of benzene rings is 2. The number of rotatable bonds is 4. The summed E-state index contributed by atoms with van der Waals surface area (Å²) in [7, 11) is 1.47. The molecule has 8 heteroatoms. The summed E-state index contributed by atoms with van der Waals surface area (Å²) < 4.78 is 5.11. The quantitative estimate of drug-likeness (QED) is 0.425. The summed E-state index contributed by atoms with van der Waals surface area (Å²) >= 11 is 11.0. The van der Waals surface area contributed by atoms with E-state index in [1.165, 1.54) is 13.2 Å². The van der Waals surface area contributed by atoms with Crippen LogP contribution in [-0.2, 0) is 4.79 Å². The third-order valence-electron chi connectivity index (χ3n) is 3.20. The lowest BCUT2D eigenvalue weighted by Gasteiger charge is -2.11. The van der Waals surface area contributed by atoms with Gasteiger partial charge in [0, 0.05) is 11.1 Å². The zero-order valence-corrected chi connectivity index (χ0v) is 15.4. The predicted octanol–water partition coefficient (Wildman–Crippen LogP) is 2.70. The molecule has 0 heterocycles. The Bertz CT molecular complexity index is 855. The Hall–Kier alpha value is -2.90. The van der Waals surface area contributed by atoms with Crippen LogP contribution in [0.2, 0.25) is 5.02 Å². The molecule has 0 fully saturated rings. The van der Waals surface area contributed by atoms with Gasteiger partial charge in [-0.2, -0.15) is 0 Å². The van der Waals surface area contributed by atoms with E-state index >= 15 is 0 Å². The van der Waals surface area contributed by atoms with Crippen LogP contribution in [0.25, 0.3) is 6.08 Å². The van der Waals surface area contributed by atoms with Crippen molar-refractivity contribution < 1.29 is 14.3 Å². The Labute approximate surface area is 161 Å². The SMILES string of the molecule is COc1ccccc1C(=O)NNC(=S)NC(=O)/C=C/c1ccccc1Cl. The molecule has 2 aromatic rings. The maximum Gasteiger partial charge on any atom is 0.273 e. The van der Waals surface area contributed by atoms with E-state index in [2.05, 4.69) is 16.2 Å². The van der Waals surface area contributed by atoms with Crippen molar-refractivity contribution in [3.05, 3.63) is 70.8 Å². The molecular formula is C18H16ClN3O3S. The monoisotopic (exact) mass is 389 g/mol. The highest BCUT2D eigenvalue weighted by atomic mass is 35.5. The summed E-state index contributed by atoms with van der Waals surface area (Å²) in [4.78, 5) is 24.0. The van der Waals surface area contributed by atoms with Gasteiger partial charge in [0.2, 0.25) is 5.91 Å². The maximum absolute atomic E-state index is 12.1. The van der Waals surface area contributed by atoms with Crippen LogP contribution in [0.15, 0.2) is 54.6 Å². The van der Waals surface area contributed by atoms with E-state index < -0.39 is 11.8 Å². The molecule has 3 N–H and O–H groups in total. The Balaban J connectivity index is 1.85. The summed E-state index contributed by atoms with van der Waals surface area (Å²) in [6.07, 6.45) is 2.85. The number of halogens is 1. The lowest BCUT2D eigenvalue weighted by atomic mass is 10.2. The summed E-state index contributed by atoms with van der Waals surface area (Å²) in [5.74, 6) is -0.496. The molecule has 0 aliphatic carbocycles. The predicted molar refractivity (Wildman–Crippen MR) is 105 cm³/mol. The smallest absolute Gasteiger partial charge is 0.273 e. The van der Waals surface area contributed by atoms with Crippen molar-refractivity contribution in [1.29, 1.82) is 0 Å². The number of amides is 2. The Morgan fingerprint density at radius 1 is 1.08 bits per heavy atom. The first-order valence-electron chi connectivity index (χ1n) is 7.48. The number of thiocarbonyl (C=S) groups is 1. The molecular weight excluding hydrogens is 374 g/mol. The van der Waals surface area contributed by atoms with Crippen molar-refractivity contribution in [2.24, 2.45) is 0 Å². The second-order valence-electron chi connectivity index (χ2n) is 4.95. The largest absolute Gasteiger partial charge is 0.496 e.